The van der Waals surface area contributed by atoms with Crippen LogP contribution in [0.3, 0.4) is 0 Å². The minimum absolute atomic E-state index is 0.292. The van der Waals surface area contributed by atoms with Crippen LogP contribution in [0.15, 0.2) is 41.5 Å². The van der Waals surface area contributed by atoms with Crippen molar-refractivity contribution in [3.63, 3.8) is 0 Å². The Morgan fingerprint density at radius 1 is 1.44 bits per heavy atom. The molecule has 1 aliphatic rings. The minimum Gasteiger partial charge on any atom is -0.369 e. The van der Waals surface area contributed by atoms with E-state index in [0.29, 0.717) is 12.1 Å². The van der Waals surface area contributed by atoms with E-state index in [4.69, 9.17) is 5.73 Å². The molecule has 0 spiro atoms. The molecule has 2 N–H and O–H groups in total. The molecule has 2 rings (SSSR count). The molecule has 1 aliphatic heterocycles. The number of ketones is 1. The number of nitrogens with zero attached hydrogens (tertiary/aromatic N) is 1. The number of hydrogen-bond donors (Lipinski definition) is 1. The standard InChI is InChI=1S/C14H14N2O2/c1-9-3-2-4-10(7-9)8-11-13(14(15)18)12(17)5-6-16-11/h2-7,13H,8H2,1H3,(H2,15,18). The topological polar surface area (TPSA) is 72.5 Å². The number of hydrogen-bond acceptors (Lipinski definition) is 3. The van der Waals surface area contributed by atoms with Crippen molar-refractivity contribution in [3.05, 3.63) is 47.7 Å². The van der Waals surface area contributed by atoms with Gasteiger partial charge in [0.2, 0.25) is 5.91 Å². The molecule has 92 valence electrons. The summed E-state index contributed by atoms with van der Waals surface area (Å²) >= 11 is 0. The van der Waals surface area contributed by atoms with Crippen LogP contribution in [0.2, 0.25) is 0 Å². The number of nitrogens with two attached hydrogens (primary N) is 1. The summed E-state index contributed by atoms with van der Waals surface area (Å²) in [7, 11) is 0. The maximum absolute atomic E-state index is 11.6. The fourth-order valence-corrected chi connectivity index (χ4v) is 2.02. The predicted octanol–water partition coefficient (Wildman–Crippen LogP) is 1.18. The number of amides is 1. The van der Waals surface area contributed by atoms with Crippen molar-refractivity contribution in [3.8, 4) is 0 Å². The Morgan fingerprint density at radius 3 is 2.89 bits per heavy atom. The van der Waals surface area contributed by atoms with Crippen LogP contribution < -0.4 is 5.73 Å². The number of aliphatic imine (C=N–C) groups is 1. The first-order valence-electron chi connectivity index (χ1n) is 5.70. The van der Waals surface area contributed by atoms with Gasteiger partial charge in [-0.3, -0.25) is 14.6 Å². The van der Waals surface area contributed by atoms with Gasteiger partial charge in [0.05, 0.1) is 0 Å². The van der Waals surface area contributed by atoms with E-state index in [1.54, 1.807) is 0 Å². The van der Waals surface area contributed by atoms with Gasteiger partial charge in [-0.05, 0) is 12.5 Å². The molecule has 0 saturated heterocycles. The van der Waals surface area contributed by atoms with Crippen LogP contribution >= 0.6 is 0 Å². The number of carbonyl (C=O) groups is 2. The molecule has 4 nitrogen and oxygen atoms in total. The molecule has 1 amide bonds. The summed E-state index contributed by atoms with van der Waals surface area (Å²) in [6.07, 6.45) is 3.17. The molecule has 1 unspecified atom stereocenters. The van der Waals surface area contributed by atoms with Gasteiger partial charge in [-0.25, -0.2) is 0 Å². The van der Waals surface area contributed by atoms with Crippen molar-refractivity contribution in [2.75, 3.05) is 0 Å². The highest BCUT2D eigenvalue weighted by Crippen LogP contribution is 2.14. The number of primary amides is 1. The van der Waals surface area contributed by atoms with Crippen LogP contribution in [-0.2, 0) is 16.0 Å². The molecule has 0 aliphatic carbocycles. The highest BCUT2D eigenvalue weighted by Gasteiger charge is 2.29. The second-order valence-corrected chi connectivity index (χ2v) is 4.34. The Balaban J connectivity index is 2.26. The zero-order valence-corrected chi connectivity index (χ0v) is 10.1. The number of carbonyl (C=O) groups excluding carboxylic acids is 2. The van der Waals surface area contributed by atoms with Gasteiger partial charge in [-0.2, -0.15) is 0 Å². The molecule has 1 heterocycles. The summed E-state index contributed by atoms with van der Waals surface area (Å²) in [5, 5.41) is 0. The average molecular weight is 242 g/mol. The summed E-state index contributed by atoms with van der Waals surface area (Å²) in [5.74, 6) is -1.86. The summed E-state index contributed by atoms with van der Waals surface area (Å²) in [4.78, 5) is 27.1. The Morgan fingerprint density at radius 2 is 2.22 bits per heavy atom. The zero-order valence-electron chi connectivity index (χ0n) is 10.1. The molecule has 0 saturated carbocycles. The number of allylic oxidation sites excluding steroid dienone is 1. The third kappa shape index (κ3) is 2.53. The predicted molar refractivity (Wildman–Crippen MR) is 69.1 cm³/mol. The normalized spacial score (nSPS) is 18.6. The zero-order chi connectivity index (χ0) is 13.1. The van der Waals surface area contributed by atoms with Gasteiger partial charge in [-0.1, -0.05) is 29.8 Å². The molecular formula is C14H14N2O2. The number of benzene rings is 1. The summed E-state index contributed by atoms with van der Waals surface area (Å²) in [6, 6.07) is 7.87. The van der Waals surface area contributed by atoms with Crippen molar-refractivity contribution >= 4 is 17.4 Å². The lowest BCUT2D eigenvalue weighted by molar-refractivity contribution is -0.126. The van der Waals surface area contributed by atoms with Gasteiger partial charge in [0.15, 0.2) is 5.78 Å². The Bertz CT molecular complexity index is 559. The maximum atomic E-state index is 11.6. The van der Waals surface area contributed by atoms with Crippen molar-refractivity contribution in [1.82, 2.24) is 0 Å². The largest absolute Gasteiger partial charge is 0.369 e. The Kier molecular flexibility index (Phi) is 3.37. The number of rotatable bonds is 3. The van der Waals surface area contributed by atoms with Crippen molar-refractivity contribution in [2.45, 2.75) is 13.3 Å². The van der Waals surface area contributed by atoms with Crippen LogP contribution in [0, 0.1) is 12.8 Å². The van der Waals surface area contributed by atoms with Crippen LogP contribution in [0.1, 0.15) is 11.1 Å². The molecule has 0 radical (unpaired) electrons. The van der Waals surface area contributed by atoms with Gasteiger partial charge in [0.25, 0.3) is 0 Å². The van der Waals surface area contributed by atoms with E-state index in [1.165, 1.54) is 12.3 Å². The second-order valence-electron chi connectivity index (χ2n) is 4.34. The van der Waals surface area contributed by atoms with Gasteiger partial charge >= 0.3 is 0 Å². The third-order valence-corrected chi connectivity index (χ3v) is 2.85. The minimum atomic E-state index is -0.921. The van der Waals surface area contributed by atoms with Crippen molar-refractivity contribution in [2.24, 2.45) is 16.6 Å². The highest BCUT2D eigenvalue weighted by atomic mass is 16.2. The third-order valence-electron chi connectivity index (χ3n) is 2.85. The van der Waals surface area contributed by atoms with Crippen molar-refractivity contribution < 1.29 is 9.59 Å². The van der Waals surface area contributed by atoms with Crippen molar-refractivity contribution in [1.29, 1.82) is 0 Å². The lowest BCUT2D eigenvalue weighted by Gasteiger charge is -2.16. The Labute approximate surface area is 105 Å². The molecule has 18 heavy (non-hydrogen) atoms. The highest BCUT2D eigenvalue weighted by molar-refractivity contribution is 6.24. The van der Waals surface area contributed by atoms with Crippen LogP contribution in [0.5, 0.6) is 0 Å². The first-order valence-corrected chi connectivity index (χ1v) is 5.70. The number of aryl methyl sites for hydroxylation is 1. The molecule has 1 atom stereocenters. The maximum Gasteiger partial charge on any atom is 0.234 e. The summed E-state index contributed by atoms with van der Waals surface area (Å²) in [5.41, 5.74) is 7.91. The summed E-state index contributed by atoms with van der Waals surface area (Å²) in [6.45, 7) is 1.99. The molecule has 0 fully saturated rings. The molecule has 1 aromatic rings. The van der Waals surface area contributed by atoms with E-state index >= 15 is 0 Å². The average Bonchev–Trinajstić information content (AvgIpc) is 2.28. The van der Waals surface area contributed by atoms with Crippen LogP contribution in [-0.4, -0.2) is 17.4 Å². The van der Waals surface area contributed by atoms with E-state index in [2.05, 4.69) is 4.99 Å². The monoisotopic (exact) mass is 242 g/mol. The van der Waals surface area contributed by atoms with Gasteiger partial charge in [-0.15, -0.1) is 0 Å². The van der Waals surface area contributed by atoms with Gasteiger partial charge in [0, 0.05) is 24.4 Å². The SMILES string of the molecule is Cc1cccc(CC2=NC=CC(=O)C2C(N)=O)c1. The smallest absolute Gasteiger partial charge is 0.234 e. The molecule has 0 aromatic heterocycles. The lowest BCUT2D eigenvalue weighted by atomic mass is 9.90. The van der Waals surface area contributed by atoms with E-state index in [9.17, 15) is 9.59 Å². The molecular weight excluding hydrogens is 228 g/mol. The van der Waals surface area contributed by atoms with Crippen LogP contribution in [0.4, 0.5) is 0 Å². The van der Waals surface area contributed by atoms with Gasteiger partial charge in [0.1, 0.15) is 5.92 Å². The molecule has 1 aromatic carbocycles. The fraction of sp³-hybridized carbons (Fsp3) is 0.214. The fourth-order valence-electron chi connectivity index (χ4n) is 2.02. The van der Waals surface area contributed by atoms with E-state index in [0.717, 1.165) is 11.1 Å². The lowest BCUT2D eigenvalue weighted by Crippen LogP contribution is -2.38. The van der Waals surface area contributed by atoms with E-state index in [-0.39, 0.29) is 5.78 Å². The van der Waals surface area contributed by atoms with E-state index in [1.807, 2.05) is 31.2 Å². The first-order chi connectivity index (χ1) is 8.58. The summed E-state index contributed by atoms with van der Waals surface area (Å²) < 4.78 is 0. The first kappa shape index (κ1) is 12.2. The quantitative estimate of drug-likeness (QED) is 0.808. The second kappa shape index (κ2) is 4.96. The van der Waals surface area contributed by atoms with Gasteiger partial charge < -0.3 is 5.73 Å². The van der Waals surface area contributed by atoms with Crippen LogP contribution in [0.25, 0.3) is 0 Å². The molecule has 0 bridgehead atoms. The molecule has 4 heteroatoms. The van der Waals surface area contributed by atoms with E-state index < -0.39 is 11.8 Å². The Hall–Kier alpha value is -2.23.